The van der Waals surface area contributed by atoms with Crippen LogP contribution in [0.15, 0.2) is 18.5 Å². The maximum atomic E-state index is 5.35. The quantitative estimate of drug-likeness (QED) is 0.639. The molecule has 0 saturated carbocycles. The molecular weight excluding hydrogens is 203 g/mol. The van der Waals surface area contributed by atoms with E-state index in [9.17, 15) is 0 Å². The summed E-state index contributed by atoms with van der Waals surface area (Å²) in [5.74, 6) is 0. The van der Waals surface area contributed by atoms with Gasteiger partial charge in [0.05, 0.1) is 28.6 Å². The molecule has 0 bridgehead atoms. The molecule has 1 heterocycles. The number of aromatic nitrogens is 1. The van der Waals surface area contributed by atoms with Gasteiger partial charge in [-0.1, -0.05) is 0 Å². The Morgan fingerprint density at radius 1 is 1.71 bits per heavy atom. The van der Waals surface area contributed by atoms with Crippen LogP contribution in [0.1, 0.15) is 0 Å². The Labute approximate surface area is 55.8 Å². The van der Waals surface area contributed by atoms with Crippen molar-refractivity contribution in [3.8, 4) is 0 Å². The molecular formula is C4H5IN2. The molecule has 0 atom stereocenters. The topological polar surface area (TPSA) is 30.9 Å². The van der Waals surface area contributed by atoms with Gasteiger partial charge in [0.25, 0.3) is 0 Å². The molecule has 38 valence electrons. The van der Waals surface area contributed by atoms with Crippen molar-refractivity contribution in [1.29, 1.82) is 0 Å². The van der Waals surface area contributed by atoms with Crippen molar-refractivity contribution >= 4 is 28.6 Å². The Hall–Kier alpha value is -0.190. The Kier molecular flexibility index (Phi) is 1.23. The molecule has 3 heteroatoms. The highest BCUT2D eigenvalue weighted by Gasteiger charge is 1.82. The third kappa shape index (κ3) is 1.09. The van der Waals surface area contributed by atoms with Gasteiger partial charge in [-0.2, -0.15) is 0 Å². The van der Waals surface area contributed by atoms with Crippen LogP contribution in [0.5, 0.6) is 0 Å². The van der Waals surface area contributed by atoms with E-state index in [4.69, 9.17) is 5.73 Å². The minimum atomic E-state index is 0.814. The fourth-order valence-electron chi connectivity index (χ4n) is 0.386. The normalized spacial score (nSPS) is 9.29. The molecule has 0 spiro atoms. The fourth-order valence-corrected chi connectivity index (χ4v) is 0.868. The van der Waals surface area contributed by atoms with E-state index in [-0.39, 0.29) is 0 Å². The van der Waals surface area contributed by atoms with Crippen molar-refractivity contribution < 1.29 is 0 Å². The standard InChI is InChI=1S/C4H5IN2/c5-7-2-1-4(6)3-7/h1-3H,6H2. The number of nitrogens with zero attached hydrogens (tertiary/aromatic N) is 1. The Balaban J connectivity index is 3.04. The smallest absolute Gasteiger partial charge is 0.0635 e. The van der Waals surface area contributed by atoms with Gasteiger partial charge in [0.1, 0.15) is 0 Å². The highest BCUT2D eigenvalue weighted by atomic mass is 127. The number of hydrogen-bond donors (Lipinski definition) is 1. The number of nitrogens with two attached hydrogens (primary N) is 1. The van der Waals surface area contributed by atoms with Crippen LogP contribution < -0.4 is 5.73 Å². The highest BCUT2D eigenvalue weighted by molar-refractivity contribution is 14.1. The molecule has 0 saturated heterocycles. The lowest BCUT2D eigenvalue weighted by Crippen LogP contribution is -1.76. The van der Waals surface area contributed by atoms with Crippen LogP contribution in [0.25, 0.3) is 0 Å². The zero-order valence-corrected chi connectivity index (χ0v) is 5.79. The summed E-state index contributed by atoms with van der Waals surface area (Å²) in [5.41, 5.74) is 6.17. The van der Waals surface area contributed by atoms with E-state index in [0.29, 0.717) is 0 Å². The van der Waals surface area contributed by atoms with Gasteiger partial charge in [0.15, 0.2) is 0 Å². The van der Waals surface area contributed by atoms with Gasteiger partial charge in [-0.3, -0.25) is 2.78 Å². The Morgan fingerprint density at radius 3 is 2.57 bits per heavy atom. The summed E-state index contributed by atoms with van der Waals surface area (Å²) >= 11 is 2.14. The average Bonchev–Trinajstić information content (AvgIpc) is 1.87. The number of hydrogen-bond acceptors (Lipinski definition) is 1. The van der Waals surface area contributed by atoms with Crippen LogP contribution in [0.2, 0.25) is 0 Å². The van der Waals surface area contributed by atoms with E-state index < -0.39 is 0 Å². The lowest BCUT2D eigenvalue weighted by Gasteiger charge is -1.77. The molecule has 0 aliphatic rings. The summed E-state index contributed by atoms with van der Waals surface area (Å²) < 4.78 is 1.88. The predicted octanol–water partition coefficient (Wildman–Crippen LogP) is 1.27. The van der Waals surface area contributed by atoms with E-state index in [1.54, 1.807) is 0 Å². The van der Waals surface area contributed by atoms with Gasteiger partial charge >= 0.3 is 0 Å². The molecule has 2 nitrogen and oxygen atoms in total. The lowest BCUT2D eigenvalue weighted by molar-refractivity contribution is 1.36. The van der Waals surface area contributed by atoms with Crippen molar-refractivity contribution in [1.82, 2.24) is 2.78 Å². The van der Waals surface area contributed by atoms with E-state index in [1.807, 2.05) is 21.2 Å². The second-order valence-corrected chi connectivity index (χ2v) is 2.40. The molecule has 7 heavy (non-hydrogen) atoms. The first kappa shape index (κ1) is 4.96. The predicted molar refractivity (Wildman–Crippen MR) is 38.3 cm³/mol. The maximum absolute atomic E-state index is 5.35. The summed E-state index contributed by atoms with van der Waals surface area (Å²) in [5, 5.41) is 0. The third-order valence-electron chi connectivity index (χ3n) is 0.682. The van der Waals surface area contributed by atoms with Gasteiger partial charge in [-0.15, -0.1) is 0 Å². The maximum Gasteiger partial charge on any atom is 0.0635 e. The van der Waals surface area contributed by atoms with Crippen molar-refractivity contribution in [3.63, 3.8) is 0 Å². The van der Waals surface area contributed by atoms with E-state index in [1.165, 1.54) is 0 Å². The first-order valence-corrected chi connectivity index (χ1v) is 2.85. The van der Waals surface area contributed by atoms with Gasteiger partial charge in [-0.05, 0) is 6.07 Å². The summed E-state index contributed by atoms with van der Waals surface area (Å²) in [6.45, 7) is 0. The Bertz CT molecular complexity index is 142. The number of anilines is 1. The summed E-state index contributed by atoms with van der Waals surface area (Å²) in [7, 11) is 0. The minimum Gasteiger partial charge on any atom is -0.397 e. The van der Waals surface area contributed by atoms with Gasteiger partial charge in [0, 0.05) is 12.4 Å². The van der Waals surface area contributed by atoms with Gasteiger partial charge in [-0.25, -0.2) is 0 Å². The highest BCUT2D eigenvalue weighted by Crippen LogP contribution is 2.03. The molecule has 0 fully saturated rings. The van der Waals surface area contributed by atoms with E-state index in [0.717, 1.165) is 5.69 Å². The average molecular weight is 208 g/mol. The van der Waals surface area contributed by atoms with Gasteiger partial charge in [0.2, 0.25) is 0 Å². The number of nitrogen functional groups attached to an aromatic ring is 1. The molecule has 1 rings (SSSR count). The Morgan fingerprint density at radius 2 is 2.43 bits per heavy atom. The molecule has 0 aromatic carbocycles. The van der Waals surface area contributed by atoms with Crippen molar-refractivity contribution in [2.45, 2.75) is 0 Å². The van der Waals surface area contributed by atoms with Crippen LogP contribution >= 0.6 is 22.9 Å². The van der Waals surface area contributed by atoms with Crippen LogP contribution in [-0.2, 0) is 0 Å². The molecule has 0 radical (unpaired) electrons. The zero-order chi connectivity index (χ0) is 5.28. The number of rotatable bonds is 0. The number of halogens is 1. The lowest BCUT2D eigenvalue weighted by atomic mass is 10.6. The monoisotopic (exact) mass is 208 g/mol. The first-order valence-electron chi connectivity index (χ1n) is 1.88. The molecule has 0 unspecified atom stereocenters. The van der Waals surface area contributed by atoms with Crippen LogP contribution in [0.4, 0.5) is 5.69 Å². The van der Waals surface area contributed by atoms with Gasteiger partial charge < -0.3 is 5.73 Å². The molecule has 0 aliphatic heterocycles. The van der Waals surface area contributed by atoms with Crippen LogP contribution in [-0.4, -0.2) is 2.78 Å². The van der Waals surface area contributed by atoms with Crippen molar-refractivity contribution in [2.75, 3.05) is 5.73 Å². The molecule has 2 N–H and O–H groups in total. The molecule has 1 aromatic heterocycles. The molecule has 1 aromatic rings. The van der Waals surface area contributed by atoms with Crippen molar-refractivity contribution in [3.05, 3.63) is 18.5 Å². The summed E-state index contributed by atoms with van der Waals surface area (Å²) in [6, 6.07) is 1.85. The SMILES string of the molecule is Nc1ccn(I)c1. The zero-order valence-electron chi connectivity index (χ0n) is 3.63. The molecule has 0 amide bonds. The van der Waals surface area contributed by atoms with Crippen LogP contribution in [0, 0.1) is 0 Å². The van der Waals surface area contributed by atoms with Crippen molar-refractivity contribution in [2.24, 2.45) is 0 Å². The third-order valence-corrected chi connectivity index (χ3v) is 1.28. The second-order valence-electron chi connectivity index (χ2n) is 1.29. The fraction of sp³-hybridized carbons (Fsp3) is 0. The summed E-state index contributed by atoms with van der Waals surface area (Å²) in [6.07, 6.45) is 3.75. The largest absolute Gasteiger partial charge is 0.397 e. The molecule has 0 aliphatic carbocycles. The van der Waals surface area contributed by atoms with Crippen LogP contribution in [0.3, 0.4) is 0 Å². The minimum absolute atomic E-state index is 0.814. The summed E-state index contributed by atoms with van der Waals surface area (Å²) in [4.78, 5) is 0. The first-order chi connectivity index (χ1) is 3.29. The van der Waals surface area contributed by atoms with E-state index >= 15 is 0 Å². The second kappa shape index (κ2) is 1.73. The van der Waals surface area contributed by atoms with E-state index in [2.05, 4.69) is 22.9 Å².